The van der Waals surface area contributed by atoms with Crippen LogP contribution in [0.15, 0.2) is 41.1 Å². The molecule has 0 aliphatic carbocycles. The fraction of sp³-hybridized carbons (Fsp3) is 0.158. The van der Waals surface area contributed by atoms with Crippen LogP contribution in [0.25, 0.3) is 22.3 Å². The minimum absolute atomic E-state index is 0.147. The van der Waals surface area contributed by atoms with E-state index < -0.39 is 0 Å². The van der Waals surface area contributed by atoms with Crippen molar-refractivity contribution in [1.29, 1.82) is 0 Å². The number of amides is 1. The van der Waals surface area contributed by atoms with E-state index in [2.05, 4.69) is 10.5 Å². The van der Waals surface area contributed by atoms with Gasteiger partial charge in [-0.3, -0.25) is 4.79 Å². The van der Waals surface area contributed by atoms with Gasteiger partial charge < -0.3 is 24.8 Å². The molecule has 0 radical (unpaired) electrons. The van der Waals surface area contributed by atoms with Gasteiger partial charge in [-0.05, 0) is 30.7 Å². The summed E-state index contributed by atoms with van der Waals surface area (Å²) >= 11 is 6.23. The van der Waals surface area contributed by atoms with Crippen LogP contribution in [0.5, 0.6) is 17.2 Å². The van der Waals surface area contributed by atoms with Crippen LogP contribution in [0, 0.1) is 0 Å². The number of methoxy groups -OCH3 is 1. The molecule has 2 aromatic carbocycles. The highest BCUT2D eigenvalue weighted by molar-refractivity contribution is 6.34. The maximum atomic E-state index is 12.2. The Morgan fingerprint density at radius 3 is 2.70 bits per heavy atom. The first-order valence-corrected chi connectivity index (χ1v) is 8.46. The molecule has 0 saturated heterocycles. The highest BCUT2D eigenvalue weighted by atomic mass is 35.5. The second-order valence-corrected chi connectivity index (χ2v) is 6.08. The fourth-order valence-corrected chi connectivity index (χ4v) is 3.08. The lowest BCUT2D eigenvalue weighted by atomic mass is 9.97. The van der Waals surface area contributed by atoms with Gasteiger partial charge >= 0.3 is 0 Å². The molecule has 1 aromatic heterocycles. The summed E-state index contributed by atoms with van der Waals surface area (Å²) < 4.78 is 10.4. The molecule has 0 bridgehead atoms. The van der Waals surface area contributed by atoms with Crippen LogP contribution < -0.4 is 10.1 Å². The van der Waals surface area contributed by atoms with Gasteiger partial charge in [0, 0.05) is 23.7 Å². The molecule has 7 nitrogen and oxygen atoms in total. The van der Waals surface area contributed by atoms with Gasteiger partial charge in [0.05, 0.1) is 17.7 Å². The number of aromatic nitrogens is 1. The predicted molar refractivity (Wildman–Crippen MR) is 100 cm³/mol. The van der Waals surface area contributed by atoms with E-state index in [-0.39, 0.29) is 28.1 Å². The summed E-state index contributed by atoms with van der Waals surface area (Å²) in [6.07, 6.45) is 1.37. The van der Waals surface area contributed by atoms with Crippen molar-refractivity contribution in [2.45, 2.75) is 6.92 Å². The molecular formula is C19H17ClN2O5. The molecule has 3 N–H and O–H groups in total. The van der Waals surface area contributed by atoms with Crippen LogP contribution in [0.4, 0.5) is 0 Å². The van der Waals surface area contributed by atoms with E-state index in [9.17, 15) is 15.0 Å². The van der Waals surface area contributed by atoms with Crippen LogP contribution in [-0.4, -0.2) is 34.9 Å². The van der Waals surface area contributed by atoms with Crippen molar-refractivity contribution in [3.8, 4) is 39.5 Å². The molecule has 8 heteroatoms. The highest BCUT2D eigenvalue weighted by Crippen LogP contribution is 2.44. The smallest absolute Gasteiger partial charge is 0.274 e. The number of phenols is 2. The molecule has 140 valence electrons. The number of hydrogen-bond acceptors (Lipinski definition) is 6. The lowest BCUT2D eigenvalue weighted by Gasteiger charge is -2.14. The van der Waals surface area contributed by atoms with Gasteiger partial charge in [-0.1, -0.05) is 22.8 Å². The van der Waals surface area contributed by atoms with Gasteiger partial charge in [0.1, 0.15) is 23.5 Å². The topological polar surface area (TPSA) is 105 Å². The Hall–Kier alpha value is -3.19. The van der Waals surface area contributed by atoms with Gasteiger partial charge in [0.25, 0.3) is 5.91 Å². The zero-order chi connectivity index (χ0) is 19.6. The standard InChI is InChI=1S/C19H17ClN2O5/c1-3-21-19(25)18-13(9-27-22-18)10-4-5-16(26-2)12(6-10)17-14(20)7-11(23)8-15(17)24/h4-9,23-24H,3H2,1-2H3,(H,21,25). The van der Waals surface area contributed by atoms with E-state index in [0.29, 0.717) is 34.5 Å². The Labute approximate surface area is 160 Å². The van der Waals surface area contributed by atoms with E-state index in [1.807, 2.05) is 0 Å². The highest BCUT2D eigenvalue weighted by Gasteiger charge is 2.21. The average molecular weight is 389 g/mol. The molecule has 0 unspecified atom stereocenters. The van der Waals surface area contributed by atoms with Gasteiger partial charge in [-0.15, -0.1) is 0 Å². The SMILES string of the molecule is CCNC(=O)c1nocc1-c1ccc(OC)c(-c2c(O)cc(O)cc2Cl)c1. The summed E-state index contributed by atoms with van der Waals surface area (Å²) in [5.74, 6) is -0.263. The molecule has 3 aromatic rings. The number of ether oxygens (including phenoxy) is 1. The molecule has 1 amide bonds. The number of rotatable bonds is 5. The van der Waals surface area contributed by atoms with E-state index in [1.54, 1.807) is 25.1 Å². The van der Waals surface area contributed by atoms with Crippen molar-refractivity contribution in [1.82, 2.24) is 10.5 Å². The van der Waals surface area contributed by atoms with E-state index in [0.717, 1.165) is 0 Å². The van der Waals surface area contributed by atoms with Gasteiger partial charge in [-0.2, -0.15) is 0 Å². The third-order valence-electron chi connectivity index (χ3n) is 3.96. The summed E-state index contributed by atoms with van der Waals surface area (Å²) in [5.41, 5.74) is 2.04. The molecule has 27 heavy (non-hydrogen) atoms. The molecular weight excluding hydrogens is 372 g/mol. The first-order valence-electron chi connectivity index (χ1n) is 8.09. The number of hydrogen-bond donors (Lipinski definition) is 3. The van der Waals surface area contributed by atoms with Gasteiger partial charge in [0.2, 0.25) is 0 Å². The van der Waals surface area contributed by atoms with Crippen molar-refractivity contribution >= 4 is 17.5 Å². The Morgan fingerprint density at radius 2 is 2.04 bits per heavy atom. The lowest BCUT2D eigenvalue weighted by Crippen LogP contribution is -2.23. The molecule has 0 saturated carbocycles. The number of benzene rings is 2. The molecule has 0 fully saturated rings. The van der Waals surface area contributed by atoms with E-state index in [1.165, 1.54) is 25.5 Å². The summed E-state index contributed by atoms with van der Waals surface area (Å²) in [6, 6.07) is 7.63. The molecule has 3 rings (SSSR count). The largest absolute Gasteiger partial charge is 0.508 e. The average Bonchev–Trinajstić information content (AvgIpc) is 3.11. The first-order chi connectivity index (χ1) is 13.0. The summed E-state index contributed by atoms with van der Waals surface area (Å²) in [7, 11) is 1.49. The van der Waals surface area contributed by atoms with Crippen molar-refractivity contribution < 1.29 is 24.3 Å². The molecule has 0 atom stereocenters. The number of aromatic hydroxyl groups is 2. The first kappa shape index (κ1) is 18.6. The Balaban J connectivity index is 2.17. The summed E-state index contributed by atoms with van der Waals surface area (Å²) in [6.45, 7) is 2.26. The predicted octanol–water partition coefficient (Wildman–Crippen LogP) is 3.83. The van der Waals surface area contributed by atoms with Gasteiger partial charge in [0.15, 0.2) is 5.69 Å². The van der Waals surface area contributed by atoms with Gasteiger partial charge in [-0.25, -0.2) is 0 Å². The normalized spacial score (nSPS) is 10.6. The number of carbonyl (C=O) groups excluding carboxylic acids is 1. The fourth-order valence-electron chi connectivity index (χ4n) is 2.77. The Bertz CT molecular complexity index is 977. The second-order valence-electron chi connectivity index (χ2n) is 5.67. The van der Waals surface area contributed by atoms with Crippen LogP contribution in [0.2, 0.25) is 5.02 Å². The molecule has 0 aliphatic heterocycles. The number of halogens is 1. The van der Waals surface area contributed by atoms with Crippen LogP contribution in [0.3, 0.4) is 0 Å². The Kier molecular flexibility index (Phi) is 5.23. The quantitative estimate of drug-likeness (QED) is 0.613. The number of nitrogens with zero attached hydrogens (tertiary/aromatic N) is 1. The van der Waals surface area contributed by atoms with Crippen molar-refractivity contribution in [3.05, 3.63) is 47.3 Å². The van der Waals surface area contributed by atoms with Crippen molar-refractivity contribution in [2.24, 2.45) is 0 Å². The zero-order valence-electron chi connectivity index (χ0n) is 14.6. The molecule has 1 heterocycles. The van der Waals surface area contributed by atoms with Crippen molar-refractivity contribution in [2.75, 3.05) is 13.7 Å². The minimum atomic E-state index is -0.357. The molecule has 0 aliphatic rings. The maximum absolute atomic E-state index is 12.2. The maximum Gasteiger partial charge on any atom is 0.274 e. The van der Waals surface area contributed by atoms with E-state index >= 15 is 0 Å². The van der Waals surface area contributed by atoms with Crippen LogP contribution in [0.1, 0.15) is 17.4 Å². The van der Waals surface area contributed by atoms with Crippen molar-refractivity contribution in [3.63, 3.8) is 0 Å². The zero-order valence-corrected chi connectivity index (χ0v) is 15.4. The number of nitrogens with one attached hydrogen (secondary N) is 1. The third-order valence-corrected chi connectivity index (χ3v) is 4.25. The monoisotopic (exact) mass is 388 g/mol. The number of carbonyl (C=O) groups is 1. The van der Waals surface area contributed by atoms with Crippen LogP contribution >= 0.6 is 11.6 Å². The second kappa shape index (κ2) is 7.59. The number of phenolic OH excluding ortho intramolecular Hbond substituents is 2. The lowest BCUT2D eigenvalue weighted by molar-refractivity contribution is 0.0947. The minimum Gasteiger partial charge on any atom is -0.508 e. The summed E-state index contributed by atoms with van der Waals surface area (Å²) in [4.78, 5) is 12.2. The molecule has 0 spiro atoms. The summed E-state index contributed by atoms with van der Waals surface area (Å²) in [5, 5.41) is 26.5. The Morgan fingerprint density at radius 1 is 1.26 bits per heavy atom. The van der Waals surface area contributed by atoms with E-state index in [4.69, 9.17) is 20.9 Å². The van der Waals surface area contributed by atoms with Crippen LogP contribution in [-0.2, 0) is 0 Å². The third kappa shape index (κ3) is 3.54.